The lowest BCUT2D eigenvalue weighted by atomic mass is 9.70. The van der Waals surface area contributed by atoms with Gasteiger partial charge < -0.3 is 10.5 Å². The Hall–Kier alpha value is -0.0800. The van der Waals surface area contributed by atoms with Crippen molar-refractivity contribution in [3.63, 3.8) is 0 Å². The molecule has 0 aromatic heterocycles. The number of hydrogen-bond acceptors (Lipinski definition) is 2. The molecule has 0 saturated heterocycles. The van der Waals surface area contributed by atoms with Crippen LogP contribution >= 0.6 is 0 Å². The number of hydrogen-bond donors (Lipinski definition) is 1. The van der Waals surface area contributed by atoms with E-state index in [2.05, 4.69) is 27.7 Å². The van der Waals surface area contributed by atoms with E-state index in [0.29, 0.717) is 5.92 Å². The molecule has 1 aliphatic rings. The van der Waals surface area contributed by atoms with Gasteiger partial charge in [-0.3, -0.25) is 0 Å². The molecule has 0 bridgehead atoms. The standard InChI is InChI=1S/C14H29NO/c1-6-14(4,16-5)13(15)12-8-10(2)7-11(3)9-12/h10-13H,6-9,15H2,1-5H3. The Bertz CT molecular complexity index is 203. The Morgan fingerprint density at radius 3 is 2.12 bits per heavy atom. The molecule has 0 amide bonds. The zero-order valence-corrected chi connectivity index (χ0v) is 11.6. The zero-order chi connectivity index (χ0) is 12.3. The van der Waals surface area contributed by atoms with E-state index in [9.17, 15) is 0 Å². The van der Waals surface area contributed by atoms with Crippen LogP contribution in [0.4, 0.5) is 0 Å². The second-order valence-electron chi connectivity index (χ2n) is 6.07. The molecule has 0 aromatic rings. The van der Waals surface area contributed by atoms with Crippen LogP contribution in [-0.2, 0) is 4.74 Å². The van der Waals surface area contributed by atoms with Gasteiger partial charge in [0.15, 0.2) is 0 Å². The summed E-state index contributed by atoms with van der Waals surface area (Å²) in [5, 5.41) is 0. The summed E-state index contributed by atoms with van der Waals surface area (Å²) in [5.41, 5.74) is 6.30. The summed E-state index contributed by atoms with van der Waals surface area (Å²) in [7, 11) is 1.79. The van der Waals surface area contributed by atoms with Gasteiger partial charge in [-0.15, -0.1) is 0 Å². The van der Waals surface area contributed by atoms with E-state index >= 15 is 0 Å². The first-order valence-electron chi connectivity index (χ1n) is 6.73. The fourth-order valence-corrected chi connectivity index (χ4v) is 3.32. The van der Waals surface area contributed by atoms with E-state index in [4.69, 9.17) is 10.5 Å². The van der Waals surface area contributed by atoms with Crippen molar-refractivity contribution in [1.82, 2.24) is 0 Å². The molecule has 96 valence electrons. The minimum absolute atomic E-state index is 0.151. The van der Waals surface area contributed by atoms with E-state index in [0.717, 1.165) is 18.3 Å². The van der Waals surface area contributed by atoms with Gasteiger partial charge in [0.2, 0.25) is 0 Å². The molecule has 0 aromatic carbocycles. The number of methoxy groups -OCH3 is 1. The SMILES string of the molecule is CCC(C)(OC)C(N)C1CC(C)CC(C)C1. The van der Waals surface area contributed by atoms with Crippen molar-refractivity contribution in [2.45, 2.75) is 65.0 Å². The van der Waals surface area contributed by atoms with Crippen LogP contribution in [0.1, 0.15) is 53.4 Å². The molecule has 0 spiro atoms. The number of rotatable bonds is 4. The molecule has 4 unspecified atom stereocenters. The molecule has 2 heteroatoms. The molecule has 2 N–H and O–H groups in total. The minimum atomic E-state index is -0.151. The summed E-state index contributed by atoms with van der Waals surface area (Å²) < 4.78 is 5.65. The van der Waals surface area contributed by atoms with Crippen LogP contribution in [0.5, 0.6) is 0 Å². The molecule has 4 atom stereocenters. The second-order valence-corrected chi connectivity index (χ2v) is 6.07. The van der Waals surface area contributed by atoms with Gasteiger partial charge >= 0.3 is 0 Å². The summed E-state index contributed by atoms with van der Waals surface area (Å²) in [6, 6.07) is 0.174. The second kappa shape index (κ2) is 5.50. The van der Waals surface area contributed by atoms with Crippen LogP contribution in [0.2, 0.25) is 0 Å². The third-order valence-corrected chi connectivity index (χ3v) is 4.60. The lowest BCUT2D eigenvalue weighted by Gasteiger charge is -2.42. The largest absolute Gasteiger partial charge is 0.377 e. The quantitative estimate of drug-likeness (QED) is 0.800. The molecule has 0 radical (unpaired) electrons. The van der Waals surface area contributed by atoms with E-state index in [-0.39, 0.29) is 11.6 Å². The van der Waals surface area contributed by atoms with E-state index in [1.165, 1.54) is 19.3 Å². The maximum Gasteiger partial charge on any atom is 0.0800 e. The summed E-state index contributed by atoms with van der Waals surface area (Å²) in [5.74, 6) is 2.26. The van der Waals surface area contributed by atoms with Gasteiger partial charge in [0.05, 0.1) is 5.60 Å². The van der Waals surface area contributed by atoms with Crippen LogP contribution in [0.15, 0.2) is 0 Å². The van der Waals surface area contributed by atoms with Crippen LogP contribution in [-0.4, -0.2) is 18.8 Å². The van der Waals surface area contributed by atoms with Gasteiger partial charge in [-0.25, -0.2) is 0 Å². The minimum Gasteiger partial charge on any atom is -0.377 e. The molecule has 0 heterocycles. The summed E-state index contributed by atoms with van der Waals surface area (Å²) in [6.07, 6.45) is 4.89. The van der Waals surface area contributed by atoms with E-state index in [1.54, 1.807) is 7.11 Å². The van der Waals surface area contributed by atoms with Crippen molar-refractivity contribution >= 4 is 0 Å². The highest BCUT2D eigenvalue weighted by molar-refractivity contribution is 4.93. The zero-order valence-electron chi connectivity index (χ0n) is 11.6. The Labute approximate surface area is 101 Å². The van der Waals surface area contributed by atoms with Crippen LogP contribution in [0.25, 0.3) is 0 Å². The summed E-state index contributed by atoms with van der Waals surface area (Å²) in [6.45, 7) is 9.03. The Balaban J connectivity index is 2.68. The highest BCUT2D eigenvalue weighted by atomic mass is 16.5. The first-order valence-corrected chi connectivity index (χ1v) is 6.73. The highest BCUT2D eigenvalue weighted by Crippen LogP contribution is 2.38. The normalized spacial score (nSPS) is 36.8. The lowest BCUT2D eigenvalue weighted by Crippen LogP contribution is -2.52. The van der Waals surface area contributed by atoms with Gasteiger partial charge in [-0.1, -0.05) is 20.8 Å². The first-order chi connectivity index (χ1) is 7.42. The first kappa shape index (κ1) is 14.0. The summed E-state index contributed by atoms with van der Waals surface area (Å²) >= 11 is 0. The molecular formula is C14H29NO. The fraction of sp³-hybridized carbons (Fsp3) is 1.00. The molecular weight excluding hydrogens is 198 g/mol. The fourth-order valence-electron chi connectivity index (χ4n) is 3.32. The van der Waals surface area contributed by atoms with Crippen LogP contribution in [0, 0.1) is 17.8 Å². The average Bonchev–Trinajstić information content (AvgIpc) is 2.25. The van der Waals surface area contributed by atoms with Gasteiger partial charge in [0.25, 0.3) is 0 Å². The maximum atomic E-state index is 6.45. The molecule has 1 rings (SSSR count). The van der Waals surface area contributed by atoms with Crippen LogP contribution < -0.4 is 5.73 Å². The van der Waals surface area contributed by atoms with Crippen molar-refractivity contribution < 1.29 is 4.74 Å². The van der Waals surface area contributed by atoms with Crippen molar-refractivity contribution in [1.29, 1.82) is 0 Å². The summed E-state index contributed by atoms with van der Waals surface area (Å²) in [4.78, 5) is 0. The Kier molecular flexibility index (Phi) is 4.81. The predicted octanol–water partition coefficient (Wildman–Crippen LogP) is 3.20. The lowest BCUT2D eigenvalue weighted by molar-refractivity contribution is -0.0433. The molecule has 1 aliphatic carbocycles. The topological polar surface area (TPSA) is 35.2 Å². The predicted molar refractivity (Wildman–Crippen MR) is 69.3 cm³/mol. The third-order valence-electron chi connectivity index (χ3n) is 4.60. The third kappa shape index (κ3) is 2.98. The number of ether oxygens (including phenoxy) is 1. The average molecular weight is 227 g/mol. The van der Waals surface area contributed by atoms with Gasteiger partial charge in [-0.2, -0.15) is 0 Å². The van der Waals surface area contributed by atoms with Gasteiger partial charge in [0, 0.05) is 13.2 Å². The van der Waals surface area contributed by atoms with Crippen molar-refractivity contribution in [2.75, 3.05) is 7.11 Å². The number of nitrogens with two attached hydrogens (primary N) is 1. The monoisotopic (exact) mass is 227 g/mol. The molecule has 16 heavy (non-hydrogen) atoms. The Morgan fingerprint density at radius 2 is 1.75 bits per heavy atom. The smallest absolute Gasteiger partial charge is 0.0800 e. The van der Waals surface area contributed by atoms with E-state index in [1.807, 2.05) is 0 Å². The van der Waals surface area contributed by atoms with Gasteiger partial charge in [0.1, 0.15) is 0 Å². The Morgan fingerprint density at radius 1 is 1.25 bits per heavy atom. The molecule has 2 nitrogen and oxygen atoms in total. The molecule has 1 fully saturated rings. The van der Waals surface area contributed by atoms with E-state index < -0.39 is 0 Å². The molecule has 1 saturated carbocycles. The van der Waals surface area contributed by atoms with Crippen molar-refractivity contribution in [2.24, 2.45) is 23.5 Å². The molecule has 0 aliphatic heterocycles. The maximum absolute atomic E-state index is 6.45. The van der Waals surface area contributed by atoms with Crippen LogP contribution in [0.3, 0.4) is 0 Å². The van der Waals surface area contributed by atoms with Crippen molar-refractivity contribution in [3.05, 3.63) is 0 Å². The van der Waals surface area contributed by atoms with Crippen molar-refractivity contribution in [3.8, 4) is 0 Å². The highest BCUT2D eigenvalue weighted by Gasteiger charge is 2.38. The van der Waals surface area contributed by atoms with Gasteiger partial charge in [-0.05, 0) is 50.4 Å².